The number of amides is 1. The van der Waals surface area contributed by atoms with Crippen molar-refractivity contribution in [2.75, 3.05) is 25.0 Å². The molecule has 1 aliphatic rings. The maximum atomic E-state index is 13.8. The highest BCUT2D eigenvalue weighted by molar-refractivity contribution is 7.98. The van der Waals surface area contributed by atoms with Crippen LogP contribution in [0.1, 0.15) is 11.1 Å². The van der Waals surface area contributed by atoms with Gasteiger partial charge < -0.3 is 5.32 Å². The summed E-state index contributed by atoms with van der Waals surface area (Å²) in [6, 6.07) is 30.3. The minimum Gasteiger partial charge on any atom is -0.324 e. The summed E-state index contributed by atoms with van der Waals surface area (Å²) in [7, 11) is -8.03. The zero-order chi connectivity index (χ0) is 29.7. The molecule has 1 atom stereocenters. The first-order valence-corrected chi connectivity index (χ1v) is 17.2. The summed E-state index contributed by atoms with van der Waals surface area (Å²) in [6.45, 7) is 1.30. The third-order valence-corrected chi connectivity index (χ3v) is 11.9. The van der Waals surface area contributed by atoms with Crippen molar-refractivity contribution < 1.29 is 21.6 Å². The van der Waals surface area contributed by atoms with Gasteiger partial charge >= 0.3 is 0 Å². The SMILES string of the molecule is Cc1cc(CSc2ccccc2)ccc1NC(=O)C1CN(S(=O)(=O)c2ccccc2)CCN1S(=O)(=O)c1ccccc1. The number of sulfonamides is 2. The van der Waals surface area contributed by atoms with Crippen LogP contribution in [0.5, 0.6) is 0 Å². The Kier molecular flexibility index (Phi) is 9.14. The van der Waals surface area contributed by atoms with Gasteiger partial charge in [-0.05, 0) is 60.5 Å². The van der Waals surface area contributed by atoms with Crippen molar-refractivity contribution >= 4 is 43.4 Å². The van der Waals surface area contributed by atoms with Crippen LogP contribution < -0.4 is 5.32 Å². The minimum atomic E-state index is -4.08. The van der Waals surface area contributed by atoms with E-state index < -0.39 is 32.0 Å². The van der Waals surface area contributed by atoms with Gasteiger partial charge in [0.15, 0.2) is 0 Å². The molecule has 42 heavy (non-hydrogen) atoms. The summed E-state index contributed by atoms with van der Waals surface area (Å²) in [5.41, 5.74) is 2.43. The number of anilines is 1. The van der Waals surface area contributed by atoms with E-state index in [4.69, 9.17) is 0 Å². The normalized spacial score (nSPS) is 16.6. The van der Waals surface area contributed by atoms with Crippen LogP contribution in [0.2, 0.25) is 0 Å². The van der Waals surface area contributed by atoms with Crippen molar-refractivity contribution in [2.24, 2.45) is 0 Å². The number of nitrogens with one attached hydrogen (secondary N) is 1. The zero-order valence-electron chi connectivity index (χ0n) is 23.0. The molecule has 0 radical (unpaired) electrons. The molecule has 1 unspecified atom stereocenters. The lowest BCUT2D eigenvalue weighted by Gasteiger charge is -2.39. The Bertz CT molecular complexity index is 1750. The standard InChI is InChI=1S/C31H31N3O5S3/c1-24-21-25(23-40-26-11-5-2-6-12-26)17-18-29(24)32-31(35)30-22-33(41(36,37)27-13-7-3-8-14-27)19-20-34(30)42(38,39)28-15-9-4-10-16-28/h2-18,21,30H,19-20,22-23H2,1H3,(H,32,35). The summed E-state index contributed by atoms with van der Waals surface area (Å²) in [5.74, 6) is 0.147. The van der Waals surface area contributed by atoms with Crippen LogP contribution in [-0.4, -0.2) is 57.0 Å². The van der Waals surface area contributed by atoms with Gasteiger partial charge in [-0.2, -0.15) is 8.61 Å². The van der Waals surface area contributed by atoms with E-state index in [-0.39, 0.29) is 29.4 Å². The van der Waals surface area contributed by atoms with Crippen LogP contribution in [0.4, 0.5) is 5.69 Å². The van der Waals surface area contributed by atoms with E-state index in [1.54, 1.807) is 54.2 Å². The molecule has 0 bridgehead atoms. The first kappa shape index (κ1) is 30.0. The van der Waals surface area contributed by atoms with E-state index in [2.05, 4.69) is 5.32 Å². The maximum Gasteiger partial charge on any atom is 0.244 e. The van der Waals surface area contributed by atoms with Crippen LogP contribution in [0, 0.1) is 6.92 Å². The van der Waals surface area contributed by atoms with Gasteiger partial charge in [-0.1, -0.05) is 66.7 Å². The molecule has 0 spiro atoms. The second-order valence-electron chi connectivity index (χ2n) is 9.86. The van der Waals surface area contributed by atoms with Gasteiger partial charge in [0.1, 0.15) is 6.04 Å². The van der Waals surface area contributed by atoms with Crippen molar-refractivity contribution in [1.29, 1.82) is 0 Å². The Labute approximate surface area is 251 Å². The molecular formula is C31H31N3O5S3. The molecule has 0 aliphatic carbocycles. The van der Waals surface area contributed by atoms with Crippen molar-refractivity contribution in [1.82, 2.24) is 8.61 Å². The van der Waals surface area contributed by atoms with Gasteiger partial charge in [0, 0.05) is 36.0 Å². The summed E-state index contributed by atoms with van der Waals surface area (Å²) in [5, 5.41) is 2.87. The first-order valence-electron chi connectivity index (χ1n) is 13.4. The van der Waals surface area contributed by atoms with Crippen LogP contribution in [0.3, 0.4) is 0 Å². The van der Waals surface area contributed by atoms with E-state index >= 15 is 0 Å². The number of thioether (sulfide) groups is 1. The van der Waals surface area contributed by atoms with Gasteiger partial charge in [0.05, 0.1) is 9.79 Å². The molecule has 4 aromatic rings. The summed E-state index contributed by atoms with van der Waals surface area (Å²) >= 11 is 1.70. The Morgan fingerprint density at radius 3 is 1.95 bits per heavy atom. The lowest BCUT2D eigenvalue weighted by Crippen LogP contribution is -2.60. The van der Waals surface area contributed by atoms with Crippen LogP contribution in [0.25, 0.3) is 0 Å². The average molecular weight is 622 g/mol. The van der Waals surface area contributed by atoms with Crippen LogP contribution >= 0.6 is 11.8 Å². The molecule has 4 aromatic carbocycles. The fourth-order valence-electron chi connectivity index (χ4n) is 4.79. The number of hydrogen-bond donors (Lipinski definition) is 1. The molecule has 1 heterocycles. The number of rotatable bonds is 9. The third kappa shape index (κ3) is 6.61. The Balaban J connectivity index is 1.40. The molecule has 1 N–H and O–H groups in total. The van der Waals surface area contributed by atoms with Crippen molar-refractivity contribution in [2.45, 2.75) is 33.4 Å². The number of piperazine rings is 1. The van der Waals surface area contributed by atoms with E-state index in [1.165, 1.54) is 28.6 Å². The molecule has 1 fully saturated rings. The predicted molar refractivity (Wildman–Crippen MR) is 165 cm³/mol. The van der Waals surface area contributed by atoms with Crippen molar-refractivity contribution in [3.05, 3.63) is 120 Å². The highest BCUT2D eigenvalue weighted by Gasteiger charge is 2.43. The van der Waals surface area contributed by atoms with Gasteiger partial charge in [-0.3, -0.25) is 4.79 Å². The smallest absolute Gasteiger partial charge is 0.244 e. The molecule has 11 heteroatoms. The quantitative estimate of drug-likeness (QED) is 0.264. The summed E-state index contributed by atoms with van der Waals surface area (Å²) in [6.07, 6.45) is 0. The molecule has 5 rings (SSSR count). The number of carbonyl (C=O) groups excluding carboxylic acids is 1. The number of hydrogen-bond acceptors (Lipinski definition) is 6. The van der Waals surface area contributed by atoms with E-state index in [0.29, 0.717) is 5.69 Å². The first-order chi connectivity index (χ1) is 20.2. The monoisotopic (exact) mass is 621 g/mol. The lowest BCUT2D eigenvalue weighted by atomic mass is 10.1. The molecule has 0 aromatic heterocycles. The Hall–Kier alpha value is -3.48. The third-order valence-electron chi connectivity index (χ3n) is 7.02. The molecule has 218 valence electrons. The zero-order valence-corrected chi connectivity index (χ0v) is 25.4. The molecule has 1 aliphatic heterocycles. The summed E-state index contributed by atoms with van der Waals surface area (Å²) in [4.78, 5) is 15.0. The summed E-state index contributed by atoms with van der Waals surface area (Å²) < 4.78 is 56.4. The van der Waals surface area contributed by atoms with E-state index in [9.17, 15) is 21.6 Å². The molecule has 1 amide bonds. The fourth-order valence-corrected chi connectivity index (χ4v) is 8.70. The maximum absolute atomic E-state index is 13.8. The van der Waals surface area contributed by atoms with Gasteiger partial charge in [0.2, 0.25) is 26.0 Å². The lowest BCUT2D eigenvalue weighted by molar-refractivity contribution is -0.120. The number of benzene rings is 4. The second-order valence-corrected chi connectivity index (χ2v) is 14.7. The number of carbonyl (C=O) groups is 1. The van der Waals surface area contributed by atoms with Crippen LogP contribution in [0.15, 0.2) is 124 Å². The number of aryl methyl sites for hydroxylation is 1. The van der Waals surface area contributed by atoms with Gasteiger partial charge in [0.25, 0.3) is 0 Å². The topological polar surface area (TPSA) is 104 Å². The largest absolute Gasteiger partial charge is 0.324 e. The van der Waals surface area contributed by atoms with E-state index in [0.717, 1.165) is 26.1 Å². The minimum absolute atomic E-state index is 0.0404. The van der Waals surface area contributed by atoms with E-state index in [1.807, 2.05) is 49.4 Å². The second kappa shape index (κ2) is 12.8. The molecule has 8 nitrogen and oxygen atoms in total. The van der Waals surface area contributed by atoms with Gasteiger partial charge in [-0.15, -0.1) is 11.8 Å². The fraction of sp³-hybridized carbons (Fsp3) is 0.194. The predicted octanol–water partition coefficient (Wildman–Crippen LogP) is 4.99. The molecule has 1 saturated heterocycles. The highest BCUT2D eigenvalue weighted by Crippen LogP contribution is 2.28. The molecule has 0 saturated carbocycles. The Morgan fingerprint density at radius 1 is 0.786 bits per heavy atom. The van der Waals surface area contributed by atoms with Gasteiger partial charge in [-0.25, -0.2) is 16.8 Å². The van der Waals surface area contributed by atoms with Crippen LogP contribution in [-0.2, 0) is 30.6 Å². The number of nitrogens with zero attached hydrogens (tertiary/aromatic N) is 2. The van der Waals surface area contributed by atoms with Crippen molar-refractivity contribution in [3.8, 4) is 0 Å². The highest BCUT2D eigenvalue weighted by atomic mass is 32.2. The Morgan fingerprint density at radius 2 is 1.36 bits per heavy atom. The molecular weight excluding hydrogens is 591 g/mol. The van der Waals surface area contributed by atoms with Crippen molar-refractivity contribution in [3.63, 3.8) is 0 Å². The average Bonchev–Trinajstić information content (AvgIpc) is 3.02.